The average molecular weight is 484 g/mol. The summed E-state index contributed by atoms with van der Waals surface area (Å²) in [6.45, 7) is 4.92. The van der Waals surface area contributed by atoms with Gasteiger partial charge in [0.25, 0.3) is 0 Å². The third-order valence-electron chi connectivity index (χ3n) is 4.00. The molecule has 1 aromatic rings. The smallest absolute Gasteiger partial charge is 0.193 e. The predicted octanol–water partition coefficient (Wildman–Crippen LogP) is 1.94. The van der Waals surface area contributed by atoms with Gasteiger partial charge in [-0.15, -0.1) is 24.0 Å². The first-order valence-corrected chi connectivity index (χ1v) is 8.38. The first-order valence-electron chi connectivity index (χ1n) is 8.38. The molecule has 0 atom stereocenters. The Morgan fingerprint density at radius 3 is 2.54 bits per heavy atom. The van der Waals surface area contributed by atoms with Crippen molar-refractivity contribution in [3.63, 3.8) is 0 Å². The second kappa shape index (κ2) is 12.2. The van der Waals surface area contributed by atoms with Crippen LogP contribution in [-0.4, -0.2) is 77.6 Å². The number of nitrogens with one attached hydrogen (secondary N) is 1. The Balaban J connectivity index is 0.00000338. The number of hydrogen-bond acceptors (Lipinski definition) is 4. The molecule has 6 nitrogen and oxygen atoms in total. The number of ether oxygens (including phenoxy) is 2. The highest BCUT2D eigenvalue weighted by atomic mass is 127. The molecule has 0 spiro atoms. The second-order valence-corrected chi connectivity index (χ2v) is 5.65. The fourth-order valence-corrected chi connectivity index (χ4v) is 2.70. The van der Waals surface area contributed by atoms with Gasteiger partial charge in [0.1, 0.15) is 11.6 Å². The van der Waals surface area contributed by atoms with Crippen molar-refractivity contribution >= 4 is 35.6 Å². The van der Waals surface area contributed by atoms with E-state index in [1.54, 1.807) is 14.2 Å². The number of hydrogen-bond donors (Lipinski definition) is 1. The molecule has 148 valence electrons. The molecule has 1 heterocycles. The number of guanidine groups is 1. The first kappa shape index (κ1) is 22.8. The largest absolute Gasteiger partial charge is 0.382 e. The number of halogens is 3. The molecule has 1 N–H and O–H groups in total. The van der Waals surface area contributed by atoms with E-state index in [4.69, 9.17) is 9.47 Å². The number of benzene rings is 1. The highest BCUT2D eigenvalue weighted by Crippen LogP contribution is 2.21. The van der Waals surface area contributed by atoms with Crippen LogP contribution >= 0.6 is 24.0 Å². The molecule has 26 heavy (non-hydrogen) atoms. The van der Waals surface area contributed by atoms with Gasteiger partial charge in [0.15, 0.2) is 5.96 Å². The molecule has 0 amide bonds. The van der Waals surface area contributed by atoms with Crippen molar-refractivity contribution < 1.29 is 18.3 Å². The Morgan fingerprint density at radius 1 is 1.15 bits per heavy atom. The van der Waals surface area contributed by atoms with Gasteiger partial charge in [0, 0.05) is 52.9 Å². The maximum absolute atomic E-state index is 13.9. The molecular formula is C17H27F2IN4O2. The molecule has 1 aromatic carbocycles. The van der Waals surface area contributed by atoms with Crippen molar-refractivity contribution in [2.24, 2.45) is 4.99 Å². The van der Waals surface area contributed by atoms with E-state index in [9.17, 15) is 8.78 Å². The summed E-state index contributed by atoms with van der Waals surface area (Å²) < 4.78 is 37.6. The minimum Gasteiger partial charge on any atom is -0.382 e. The Hall–Kier alpha value is -1.20. The zero-order valence-electron chi connectivity index (χ0n) is 15.2. The third-order valence-corrected chi connectivity index (χ3v) is 4.00. The lowest BCUT2D eigenvalue weighted by molar-refractivity contribution is 0.0731. The number of methoxy groups -OCH3 is 1. The second-order valence-electron chi connectivity index (χ2n) is 5.65. The fraction of sp³-hybridized carbons (Fsp3) is 0.588. The maximum Gasteiger partial charge on any atom is 0.193 e. The Bertz CT molecular complexity index is 570. The summed E-state index contributed by atoms with van der Waals surface area (Å²) in [5.74, 6) is -0.0370. The van der Waals surface area contributed by atoms with E-state index in [2.05, 4.69) is 15.2 Å². The molecule has 1 aliphatic heterocycles. The van der Waals surface area contributed by atoms with Gasteiger partial charge in [-0.3, -0.25) is 4.99 Å². The molecule has 1 aliphatic rings. The topological polar surface area (TPSA) is 49.3 Å². The fourth-order valence-electron chi connectivity index (χ4n) is 2.70. The first-order chi connectivity index (χ1) is 12.2. The summed E-state index contributed by atoms with van der Waals surface area (Å²) >= 11 is 0. The molecule has 1 fully saturated rings. The monoisotopic (exact) mass is 484 g/mol. The van der Waals surface area contributed by atoms with E-state index >= 15 is 0 Å². The molecular weight excluding hydrogens is 457 g/mol. The van der Waals surface area contributed by atoms with E-state index in [1.807, 2.05) is 4.90 Å². The highest BCUT2D eigenvalue weighted by Gasteiger charge is 2.21. The lowest BCUT2D eigenvalue weighted by Crippen LogP contribution is -2.53. The standard InChI is InChI=1S/C17H26F2N4O2.HI/c1-20-17(21-5-10-25-12-11-24-2)23-8-6-22(7-9-23)16-13-14(18)3-4-15(16)19;/h3-4,13H,5-12H2,1-2H3,(H,20,21);1H. The summed E-state index contributed by atoms with van der Waals surface area (Å²) in [6.07, 6.45) is 0. The number of rotatable bonds is 7. The van der Waals surface area contributed by atoms with Crippen LogP contribution in [0.3, 0.4) is 0 Å². The van der Waals surface area contributed by atoms with Crippen LogP contribution in [0.15, 0.2) is 23.2 Å². The molecule has 0 unspecified atom stereocenters. The number of aliphatic imine (C=N–C) groups is 1. The van der Waals surface area contributed by atoms with E-state index in [0.29, 0.717) is 58.2 Å². The van der Waals surface area contributed by atoms with Crippen LogP contribution in [0.1, 0.15) is 0 Å². The summed E-state index contributed by atoms with van der Waals surface area (Å²) in [6, 6.07) is 3.55. The molecule has 0 saturated carbocycles. The van der Waals surface area contributed by atoms with Crippen LogP contribution < -0.4 is 10.2 Å². The highest BCUT2D eigenvalue weighted by molar-refractivity contribution is 14.0. The number of anilines is 1. The van der Waals surface area contributed by atoms with Crippen LogP contribution in [0.2, 0.25) is 0 Å². The van der Waals surface area contributed by atoms with Crippen molar-refractivity contribution in [1.29, 1.82) is 0 Å². The summed E-state index contributed by atoms with van der Waals surface area (Å²) in [5, 5.41) is 3.25. The van der Waals surface area contributed by atoms with Gasteiger partial charge in [-0.05, 0) is 12.1 Å². The third kappa shape index (κ3) is 6.84. The Morgan fingerprint density at radius 2 is 1.88 bits per heavy atom. The van der Waals surface area contributed by atoms with E-state index in [1.165, 1.54) is 12.1 Å². The zero-order valence-corrected chi connectivity index (χ0v) is 17.5. The Kier molecular flexibility index (Phi) is 10.7. The van der Waals surface area contributed by atoms with Crippen molar-refractivity contribution in [2.75, 3.05) is 71.6 Å². The van der Waals surface area contributed by atoms with E-state index in [-0.39, 0.29) is 24.0 Å². The van der Waals surface area contributed by atoms with Crippen molar-refractivity contribution in [1.82, 2.24) is 10.2 Å². The maximum atomic E-state index is 13.9. The van der Waals surface area contributed by atoms with Gasteiger partial charge in [-0.1, -0.05) is 0 Å². The molecule has 1 saturated heterocycles. The number of piperazine rings is 1. The minimum atomic E-state index is -0.426. The summed E-state index contributed by atoms with van der Waals surface area (Å²) in [5.41, 5.74) is 0.314. The van der Waals surface area contributed by atoms with Crippen LogP contribution in [0.5, 0.6) is 0 Å². The molecule has 0 aliphatic carbocycles. The molecule has 2 rings (SSSR count). The SMILES string of the molecule is CN=C(NCCOCCOC)N1CCN(c2cc(F)ccc2F)CC1.I. The van der Waals surface area contributed by atoms with Crippen LogP contribution in [0.25, 0.3) is 0 Å². The summed E-state index contributed by atoms with van der Waals surface area (Å²) in [4.78, 5) is 8.23. The quantitative estimate of drug-likeness (QED) is 0.278. The predicted molar refractivity (Wildman–Crippen MR) is 110 cm³/mol. The van der Waals surface area contributed by atoms with E-state index in [0.717, 1.165) is 12.0 Å². The van der Waals surface area contributed by atoms with Gasteiger partial charge in [-0.2, -0.15) is 0 Å². The van der Waals surface area contributed by atoms with E-state index < -0.39 is 11.6 Å². The van der Waals surface area contributed by atoms with Gasteiger partial charge < -0.3 is 24.6 Å². The summed E-state index contributed by atoms with van der Waals surface area (Å²) in [7, 11) is 3.37. The number of nitrogens with zero attached hydrogens (tertiary/aromatic N) is 3. The van der Waals surface area contributed by atoms with Crippen LogP contribution in [-0.2, 0) is 9.47 Å². The van der Waals surface area contributed by atoms with Gasteiger partial charge in [0.2, 0.25) is 0 Å². The van der Waals surface area contributed by atoms with Gasteiger partial charge in [0.05, 0.1) is 25.5 Å². The van der Waals surface area contributed by atoms with Gasteiger partial charge >= 0.3 is 0 Å². The molecule has 0 radical (unpaired) electrons. The normalized spacial score (nSPS) is 15.0. The van der Waals surface area contributed by atoms with Crippen molar-refractivity contribution in [3.05, 3.63) is 29.8 Å². The van der Waals surface area contributed by atoms with Crippen LogP contribution in [0, 0.1) is 11.6 Å². The molecule has 0 bridgehead atoms. The van der Waals surface area contributed by atoms with Crippen molar-refractivity contribution in [2.45, 2.75) is 0 Å². The lowest BCUT2D eigenvalue weighted by atomic mass is 10.2. The molecule has 0 aromatic heterocycles. The minimum absolute atomic E-state index is 0. The van der Waals surface area contributed by atoms with Gasteiger partial charge in [-0.25, -0.2) is 8.78 Å². The molecule has 9 heteroatoms. The van der Waals surface area contributed by atoms with Crippen LogP contribution in [0.4, 0.5) is 14.5 Å². The van der Waals surface area contributed by atoms with Crippen molar-refractivity contribution in [3.8, 4) is 0 Å². The Labute approximate surface area is 170 Å². The zero-order chi connectivity index (χ0) is 18.1. The average Bonchev–Trinajstić information content (AvgIpc) is 2.63. The lowest BCUT2D eigenvalue weighted by Gasteiger charge is -2.37.